The second kappa shape index (κ2) is 2.61. The minimum atomic E-state index is -0.00694. The summed E-state index contributed by atoms with van der Waals surface area (Å²) in [5.74, 6) is 0.404. The maximum Gasteiger partial charge on any atom is 0.0901 e. The zero-order chi connectivity index (χ0) is 6.57. The van der Waals surface area contributed by atoms with E-state index in [2.05, 4.69) is 5.32 Å². The van der Waals surface area contributed by atoms with Crippen molar-refractivity contribution in [1.29, 1.82) is 5.41 Å². The molecule has 0 aromatic carbocycles. The van der Waals surface area contributed by atoms with Crippen LogP contribution in [0.15, 0.2) is 0 Å². The average molecular weight is 100 g/mol. The van der Waals surface area contributed by atoms with Crippen LogP contribution in [0.4, 0.5) is 0 Å². The first-order chi connectivity index (χ1) is 3.66. The lowest BCUT2D eigenvalue weighted by atomic mass is 10.4. The molecule has 1 radical (unpaired) electrons. The van der Waals surface area contributed by atoms with Gasteiger partial charge in [-0.3, -0.25) is 5.41 Å². The second-order valence-corrected chi connectivity index (χ2v) is 1.56. The first-order valence-corrected chi connectivity index (χ1v) is 2.20. The fourth-order valence-electron chi connectivity index (χ4n) is 0.342. The summed E-state index contributed by atoms with van der Waals surface area (Å²) in [6, 6.07) is -0.00694. The Morgan fingerprint density at radius 1 is 2.14 bits per heavy atom. The minimum absolute atomic E-state index is 0.00694. The van der Waals surface area contributed by atoms with E-state index in [9.17, 15) is 0 Å². The molecule has 0 aliphatic carbocycles. The predicted octanol–water partition coefficient (Wildman–Crippen LogP) is 0.796. The van der Waals surface area contributed by atoms with Gasteiger partial charge in [0.05, 0.1) is 5.84 Å². The number of hydrogen-bond donors (Lipinski definition) is 2. The van der Waals surface area contributed by atoms with Gasteiger partial charge in [-0.1, -0.05) is 0 Å². The van der Waals surface area contributed by atoms with E-state index in [1.165, 1.54) is 6.90 Å². The molecule has 0 heterocycles. The Labute approximate surface area is 45.8 Å². The Morgan fingerprint density at radius 3 is 2.86 bits per heavy atom. The molecule has 0 bridgehead atoms. The van der Waals surface area contributed by atoms with Crippen molar-refractivity contribution >= 4 is 5.84 Å². The molecule has 0 saturated heterocycles. The van der Waals surface area contributed by atoms with Crippen LogP contribution in [0.5, 0.6) is 0 Å². The van der Waals surface area contributed by atoms with Crippen LogP contribution in [0.25, 0.3) is 0 Å². The standard InChI is InChI=1S/C5H11N2/c1-4(2)7-5(3)6/h4H,1H2,2-3H3,(H2,6,7)/t4-/m0/s1/i1D. The van der Waals surface area contributed by atoms with E-state index in [1.54, 1.807) is 6.92 Å². The molecule has 1 atom stereocenters. The molecule has 0 saturated carbocycles. The van der Waals surface area contributed by atoms with Crippen molar-refractivity contribution in [1.82, 2.24) is 5.32 Å². The Kier molecular flexibility index (Phi) is 1.72. The molecule has 7 heavy (non-hydrogen) atoms. The van der Waals surface area contributed by atoms with Crippen LogP contribution in [-0.4, -0.2) is 11.9 Å². The monoisotopic (exact) mass is 100 g/mol. The molecule has 0 aliphatic heterocycles. The summed E-state index contributed by atoms with van der Waals surface area (Å²) < 4.78 is 6.72. The maximum atomic E-state index is 6.91. The van der Waals surface area contributed by atoms with Gasteiger partial charge in [0.2, 0.25) is 0 Å². The van der Waals surface area contributed by atoms with Crippen LogP contribution in [0.2, 0.25) is 0 Å². The van der Waals surface area contributed by atoms with Gasteiger partial charge in [0.25, 0.3) is 0 Å². The average Bonchev–Trinajstić information content (AvgIpc) is 1.65. The number of nitrogens with one attached hydrogen (secondary N) is 2. The molecule has 0 aromatic heterocycles. The Hall–Kier alpha value is -0.530. The molecule has 0 amide bonds. The van der Waals surface area contributed by atoms with Crippen LogP contribution in [0.3, 0.4) is 0 Å². The quantitative estimate of drug-likeness (QED) is 0.390. The van der Waals surface area contributed by atoms with Gasteiger partial charge in [-0.15, -0.1) is 0 Å². The van der Waals surface area contributed by atoms with Crippen LogP contribution in [-0.2, 0) is 0 Å². The molecule has 0 rings (SSSR count). The highest BCUT2D eigenvalue weighted by Crippen LogP contribution is 1.72. The third-order valence-electron chi connectivity index (χ3n) is 0.444. The van der Waals surface area contributed by atoms with E-state index < -0.39 is 0 Å². The van der Waals surface area contributed by atoms with E-state index >= 15 is 0 Å². The molecule has 2 nitrogen and oxygen atoms in total. The molecular formula is C5H11N2. The minimum Gasteiger partial charge on any atom is -0.372 e. The SMILES string of the molecule is [2H][CH][C@@H](C)NC(C)=N. The van der Waals surface area contributed by atoms with Gasteiger partial charge in [-0.2, -0.15) is 0 Å². The molecule has 0 aromatic rings. The van der Waals surface area contributed by atoms with Crippen molar-refractivity contribution < 1.29 is 1.37 Å². The molecule has 0 aliphatic rings. The smallest absolute Gasteiger partial charge is 0.0901 e. The van der Waals surface area contributed by atoms with Gasteiger partial charge >= 0.3 is 0 Å². The van der Waals surface area contributed by atoms with Gasteiger partial charge in [-0.05, 0) is 20.7 Å². The van der Waals surface area contributed by atoms with Gasteiger partial charge in [0, 0.05) is 7.41 Å². The molecule has 0 unspecified atom stereocenters. The summed E-state index contributed by atoms with van der Waals surface area (Å²) in [4.78, 5) is 0. The Balaban J connectivity index is 3.24. The second-order valence-electron chi connectivity index (χ2n) is 1.56. The van der Waals surface area contributed by atoms with Gasteiger partial charge in [-0.25, -0.2) is 0 Å². The first kappa shape index (κ1) is 4.62. The van der Waals surface area contributed by atoms with Gasteiger partial charge in [0.15, 0.2) is 0 Å². The molecule has 2 N–H and O–H groups in total. The topological polar surface area (TPSA) is 35.9 Å². The van der Waals surface area contributed by atoms with Crippen molar-refractivity contribution in [2.45, 2.75) is 19.9 Å². The molecule has 0 fully saturated rings. The van der Waals surface area contributed by atoms with Crippen LogP contribution >= 0.6 is 0 Å². The summed E-state index contributed by atoms with van der Waals surface area (Å²) in [5.41, 5.74) is 0. The highest BCUT2D eigenvalue weighted by Gasteiger charge is 1.87. The summed E-state index contributed by atoms with van der Waals surface area (Å²) in [7, 11) is 0. The van der Waals surface area contributed by atoms with Crippen molar-refractivity contribution in [2.75, 3.05) is 0 Å². The predicted molar refractivity (Wildman–Crippen MR) is 31.4 cm³/mol. The van der Waals surface area contributed by atoms with E-state index in [0.717, 1.165) is 0 Å². The zero-order valence-corrected chi connectivity index (χ0v) is 4.65. The van der Waals surface area contributed by atoms with Crippen molar-refractivity contribution in [3.05, 3.63) is 6.90 Å². The van der Waals surface area contributed by atoms with Crippen molar-refractivity contribution in [2.24, 2.45) is 0 Å². The van der Waals surface area contributed by atoms with Gasteiger partial charge in [0.1, 0.15) is 0 Å². The van der Waals surface area contributed by atoms with Crippen LogP contribution < -0.4 is 5.32 Å². The fourth-order valence-corrected chi connectivity index (χ4v) is 0.342. The van der Waals surface area contributed by atoms with Crippen molar-refractivity contribution in [3.8, 4) is 0 Å². The number of rotatable bonds is 2. The molecule has 41 valence electrons. The van der Waals surface area contributed by atoms with Crippen molar-refractivity contribution in [3.63, 3.8) is 0 Å². The highest BCUT2D eigenvalue weighted by atomic mass is 14.9. The van der Waals surface area contributed by atoms with Gasteiger partial charge < -0.3 is 5.32 Å². The number of hydrogen-bond acceptors (Lipinski definition) is 1. The third-order valence-corrected chi connectivity index (χ3v) is 0.444. The lowest BCUT2D eigenvalue weighted by Gasteiger charge is -2.04. The largest absolute Gasteiger partial charge is 0.372 e. The Morgan fingerprint density at radius 2 is 2.71 bits per heavy atom. The maximum absolute atomic E-state index is 6.91. The first-order valence-electron chi connectivity index (χ1n) is 2.78. The lowest BCUT2D eigenvalue weighted by molar-refractivity contribution is 0.794. The van der Waals surface area contributed by atoms with E-state index in [0.29, 0.717) is 5.84 Å². The molecular weight excluding hydrogens is 88.1 g/mol. The fraction of sp³-hybridized carbons (Fsp3) is 0.600. The van der Waals surface area contributed by atoms with Crippen LogP contribution in [0.1, 0.15) is 15.2 Å². The Bertz CT molecular complexity index is 82.5. The van der Waals surface area contributed by atoms with Crippen LogP contribution in [0, 0.1) is 12.3 Å². The molecule has 2 heteroatoms. The summed E-state index contributed by atoms with van der Waals surface area (Å²) >= 11 is 0. The lowest BCUT2D eigenvalue weighted by Crippen LogP contribution is -2.26. The van der Waals surface area contributed by atoms with E-state index in [-0.39, 0.29) is 6.04 Å². The summed E-state index contributed by atoms with van der Waals surface area (Å²) in [5, 5.41) is 9.65. The van der Waals surface area contributed by atoms with E-state index in [1.807, 2.05) is 6.92 Å². The number of amidine groups is 1. The summed E-state index contributed by atoms with van der Waals surface area (Å²) in [6.45, 7) is 4.74. The normalized spacial score (nSPS) is 14.9. The van der Waals surface area contributed by atoms with E-state index in [4.69, 9.17) is 6.78 Å². The third kappa shape index (κ3) is 5.47. The summed E-state index contributed by atoms with van der Waals surface area (Å²) in [6.07, 6.45) is 0. The highest BCUT2D eigenvalue weighted by molar-refractivity contribution is 5.76. The zero-order valence-electron chi connectivity index (χ0n) is 5.65. The molecule has 0 spiro atoms.